The molecule has 3 unspecified atom stereocenters. The first-order valence-corrected chi connectivity index (χ1v) is 9.93. The van der Waals surface area contributed by atoms with Crippen LogP contribution in [0.3, 0.4) is 0 Å². The molecule has 0 saturated heterocycles. The fourth-order valence-corrected chi connectivity index (χ4v) is 4.93. The van der Waals surface area contributed by atoms with E-state index in [1.165, 1.54) is 27.7 Å². The monoisotopic (exact) mass is 397 g/mol. The van der Waals surface area contributed by atoms with Crippen molar-refractivity contribution in [3.63, 3.8) is 0 Å². The second-order valence-corrected chi connectivity index (χ2v) is 9.76. The molecule has 1 heterocycles. The summed E-state index contributed by atoms with van der Waals surface area (Å²) in [6, 6.07) is 2.85. The van der Waals surface area contributed by atoms with Crippen molar-refractivity contribution >= 4 is 44.7 Å². The highest BCUT2D eigenvalue weighted by Gasteiger charge is 2.22. The summed E-state index contributed by atoms with van der Waals surface area (Å²) >= 11 is 4.35. The summed E-state index contributed by atoms with van der Waals surface area (Å²) in [5.74, 6) is 0. The minimum Gasteiger partial charge on any atom is -0.310 e. The summed E-state index contributed by atoms with van der Waals surface area (Å²) in [5, 5.41) is 3.94. The fourth-order valence-electron chi connectivity index (χ4n) is 2.36. The molecule has 0 aromatic carbocycles. The number of aryl methyl sites for hydroxylation is 1. The van der Waals surface area contributed by atoms with Gasteiger partial charge in [-0.3, -0.25) is 4.21 Å². The van der Waals surface area contributed by atoms with Crippen LogP contribution >= 0.6 is 33.9 Å². The van der Waals surface area contributed by atoms with Crippen LogP contribution in [0.25, 0.3) is 0 Å². The number of halogens is 1. The quantitative estimate of drug-likeness (QED) is 0.771. The van der Waals surface area contributed by atoms with Crippen LogP contribution in [0.2, 0.25) is 0 Å². The van der Waals surface area contributed by atoms with Gasteiger partial charge in [0, 0.05) is 33.2 Å². The molecule has 1 aliphatic carbocycles. The van der Waals surface area contributed by atoms with E-state index in [1.54, 1.807) is 11.1 Å². The van der Waals surface area contributed by atoms with Crippen LogP contribution in [-0.4, -0.2) is 22.3 Å². The topological polar surface area (TPSA) is 29.1 Å². The standard InChI is InChI=1S/C13H20INOS2/c1-9(18(2)16)6-7-15-11-4-3-5-12-10(11)8-13(14)17-12/h8-9,11,15H,3-7H2,1-2H3. The van der Waals surface area contributed by atoms with Gasteiger partial charge in [-0.1, -0.05) is 6.92 Å². The van der Waals surface area contributed by atoms with Gasteiger partial charge in [0.05, 0.1) is 2.88 Å². The molecule has 18 heavy (non-hydrogen) atoms. The number of thiophene rings is 1. The zero-order valence-corrected chi connectivity index (χ0v) is 14.7. The molecule has 3 atom stereocenters. The van der Waals surface area contributed by atoms with E-state index in [0.29, 0.717) is 11.3 Å². The number of rotatable bonds is 5. The third-order valence-corrected chi connectivity index (χ3v) is 6.93. The van der Waals surface area contributed by atoms with E-state index < -0.39 is 10.8 Å². The smallest absolute Gasteiger partial charge is 0.0659 e. The van der Waals surface area contributed by atoms with Crippen molar-refractivity contribution in [3.05, 3.63) is 19.4 Å². The fraction of sp³-hybridized carbons (Fsp3) is 0.692. The van der Waals surface area contributed by atoms with Crippen LogP contribution in [0.1, 0.15) is 42.7 Å². The molecule has 1 aromatic heterocycles. The molecule has 1 N–H and O–H groups in total. The summed E-state index contributed by atoms with van der Waals surface area (Å²) < 4.78 is 12.7. The molecule has 0 spiro atoms. The van der Waals surface area contributed by atoms with Crippen molar-refractivity contribution in [2.45, 2.75) is 43.9 Å². The zero-order valence-electron chi connectivity index (χ0n) is 10.9. The maximum absolute atomic E-state index is 11.3. The molecule has 102 valence electrons. The van der Waals surface area contributed by atoms with Crippen LogP contribution in [0, 0.1) is 2.88 Å². The predicted octanol–water partition coefficient (Wildman–Crippen LogP) is 3.48. The Morgan fingerprint density at radius 3 is 3.17 bits per heavy atom. The molecule has 0 amide bonds. The van der Waals surface area contributed by atoms with Gasteiger partial charge in [0.1, 0.15) is 0 Å². The molecule has 1 aromatic rings. The average Bonchev–Trinajstić information content (AvgIpc) is 2.70. The maximum atomic E-state index is 11.3. The summed E-state index contributed by atoms with van der Waals surface area (Å²) in [6.45, 7) is 3.04. The number of hydrogen-bond acceptors (Lipinski definition) is 3. The van der Waals surface area contributed by atoms with E-state index >= 15 is 0 Å². The maximum Gasteiger partial charge on any atom is 0.0659 e. The van der Waals surface area contributed by atoms with Gasteiger partial charge in [0.25, 0.3) is 0 Å². The predicted molar refractivity (Wildman–Crippen MR) is 88.9 cm³/mol. The summed E-state index contributed by atoms with van der Waals surface area (Å²) in [4.78, 5) is 1.57. The van der Waals surface area contributed by atoms with Crippen LogP contribution < -0.4 is 5.32 Å². The molecule has 1 aliphatic rings. The van der Waals surface area contributed by atoms with Crippen LogP contribution in [0.5, 0.6) is 0 Å². The Hall–Kier alpha value is 0.540. The van der Waals surface area contributed by atoms with Crippen molar-refractivity contribution in [2.24, 2.45) is 0 Å². The van der Waals surface area contributed by atoms with Gasteiger partial charge >= 0.3 is 0 Å². The molecule has 0 saturated carbocycles. The molecule has 0 radical (unpaired) electrons. The highest BCUT2D eigenvalue weighted by atomic mass is 127. The van der Waals surface area contributed by atoms with E-state index in [9.17, 15) is 4.21 Å². The van der Waals surface area contributed by atoms with Gasteiger partial charge in [-0.25, -0.2) is 0 Å². The first-order chi connectivity index (χ1) is 8.58. The van der Waals surface area contributed by atoms with Crippen molar-refractivity contribution in [1.82, 2.24) is 5.32 Å². The van der Waals surface area contributed by atoms with Crippen molar-refractivity contribution in [1.29, 1.82) is 0 Å². The van der Waals surface area contributed by atoms with Crippen molar-refractivity contribution in [3.8, 4) is 0 Å². The Kier molecular flexibility index (Phi) is 5.65. The van der Waals surface area contributed by atoms with E-state index in [2.05, 4.69) is 40.9 Å². The molecule has 2 nitrogen and oxygen atoms in total. The number of fused-ring (bicyclic) bond motifs is 1. The van der Waals surface area contributed by atoms with Crippen LogP contribution in [-0.2, 0) is 17.2 Å². The van der Waals surface area contributed by atoms with E-state index in [4.69, 9.17) is 0 Å². The van der Waals surface area contributed by atoms with Gasteiger partial charge in [-0.05, 0) is 66.4 Å². The normalized spacial score (nSPS) is 22.5. The van der Waals surface area contributed by atoms with Crippen molar-refractivity contribution in [2.75, 3.05) is 12.8 Å². The SMILES string of the molecule is CC(CCNC1CCCc2sc(I)cc21)S(C)=O. The molecular weight excluding hydrogens is 377 g/mol. The summed E-state index contributed by atoms with van der Waals surface area (Å²) in [5.41, 5.74) is 1.51. The lowest BCUT2D eigenvalue weighted by Crippen LogP contribution is -2.27. The van der Waals surface area contributed by atoms with Crippen LogP contribution in [0.4, 0.5) is 0 Å². The Morgan fingerprint density at radius 1 is 1.67 bits per heavy atom. The Labute approximate surface area is 130 Å². The summed E-state index contributed by atoms with van der Waals surface area (Å²) in [6.07, 6.45) is 6.57. The minimum absolute atomic E-state index is 0.295. The van der Waals surface area contributed by atoms with Gasteiger partial charge in [0.2, 0.25) is 0 Å². The molecule has 2 rings (SSSR count). The molecule has 0 fully saturated rings. The van der Waals surface area contributed by atoms with Gasteiger partial charge in [-0.2, -0.15) is 0 Å². The first-order valence-electron chi connectivity index (χ1n) is 6.41. The second-order valence-electron chi connectivity index (χ2n) is 4.93. The lowest BCUT2D eigenvalue weighted by molar-refractivity contribution is 0.458. The third-order valence-electron chi connectivity index (χ3n) is 3.59. The van der Waals surface area contributed by atoms with Crippen molar-refractivity contribution < 1.29 is 4.21 Å². The Morgan fingerprint density at radius 2 is 2.44 bits per heavy atom. The minimum atomic E-state index is -0.697. The second kappa shape index (κ2) is 6.81. The third kappa shape index (κ3) is 3.77. The highest BCUT2D eigenvalue weighted by Crippen LogP contribution is 2.36. The van der Waals surface area contributed by atoms with E-state index in [-0.39, 0.29) is 0 Å². The molecule has 0 aliphatic heterocycles. The zero-order chi connectivity index (χ0) is 13.1. The largest absolute Gasteiger partial charge is 0.310 e. The first kappa shape index (κ1) is 14.9. The Bertz CT molecular complexity index is 433. The van der Waals surface area contributed by atoms with Gasteiger partial charge in [0.15, 0.2) is 0 Å². The highest BCUT2D eigenvalue weighted by molar-refractivity contribution is 14.1. The van der Waals surface area contributed by atoms with E-state index in [1.807, 2.05) is 11.3 Å². The van der Waals surface area contributed by atoms with E-state index in [0.717, 1.165) is 13.0 Å². The lowest BCUT2D eigenvalue weighted by atomic mass is 9.94. The van der Waals surface area contributed by atoms with Gasteiger partial charge < -0.3 is 5.32 Å². The van der Waals surface area contributed by atoms with Gasteiger partial charge in [-0.15, -0.1) is 11.3 Å². The average molecular weight is 397 g/mol. The Balaban J connectivity index is 1.89. The molecule has 0 bridgehead atoms. The molecule has 5 heteroatoms. The lowest BCUT2D eigenvalue weighted by Gasteiger charge is -2.24. The number of nitrogens with one attached hydrogen (secondary N) is 1. The molecular formula is C13H20INOS2. The number of hydrogen-bond donors (Lipinski definition) is 1. The van der Waals surface area contributed by atoms with Crippen LogP contribution in [0.15, 0.2) is 6.07 Å². The summed E-state index contributed by atoms with van der Waals surface area (Å²) in [7, 11) is -0.697.